The zero-order valence-electron chi connectivity index (χ0n) is 17.1. The van der Waals surface area contributed by atoms with E-state index in [-0.39, 0.29) is 48.6 Å². The van der Waals surface area contributed by atoms with Gasteiger partial charge in [-0.05, 0) is 32.4 Å². The molecule has 0 spiro atoms. The van der Waals surface area contributed by atoms with Gasteiger partial charge in [-0.3, -0.25) is 4.79 Å². The maximum absolute atomic E-state index is 11.8. The van der Waals surface area contributed by atoms with Gasteiger partial charge in [0.05, 0.1) is 13.7 Å². The Balaban J connectivity index is 0.00000676. The van der Waals surface area contributed by atoms with Gasteiger partial charge in [-0.25, -0.2) is 4.99 Å². The summed E-state index contributed by atoms with van der Waals surface area (Å²) >= 11 is 0. The molecule has 0 radical (unpaired) electrons. The van der Waals surface area contributed by atoms with Crippen molar-refractivity contribution in [3.05, 3.63) is 24.3 Å². The molecule has 2 unspecified atom stereocenters. The summed E-state index contributed by atoms with van der Waals surface area (Å²) in [5.41, 5.74) is 0. The van der Waals surface area contributed by atoms with Crippen LogP contribution in [0.3, 0.4) is 0 Å². The predicted octanol–water partition coefficient (Wildman–Crippen LogP) is 2.50. The zero-order chi connectivity index (χ0) is 19.5. The number of carbonyl (C=O) groups excluding carboxylic acids is 1. The molecule has 0 aliphatic rings. The number of nitrogens with zero attached hydrogens (tertiary/aromatic N) is 2. The number of methoxy groups -OCH3 is 1. The minimum atomic E-state index is -0.111. The highest BCUT2D eigenvalue weighted by molar-refractivity contribution is 14.0. The van der Waals surface area contributed by atoms with E-state index in [1.807, 2.05) is 31.2 Å². The van der Waals surface area contributed by atoms with Crippen molar-refractivity contribution < 1.29 is 14.3 Å². The van der Waals surface area contributed by atoms with Gasteiger partial charge in [0.25, 0.3) is 0 Å². The first-order chi connectivity index (χ1) is 12.4. The Morgan fingerprint density at radius 3 is 2.41 bits per heavy atom. The van der Waals surface area contributed by atoms with Crippen LogP contribution in [0, 0.1) is 0 Å². The Morgan fingerprint density at radius 1 is 1.22 bits per heavy atom. The van der Waals surface area contributed by atoms with Crippen LogP contribution < -0.4 is 20.1 Å². The van der Waals surface area contributed by atoms with E-state index >= 15 is 0 Å². The highest BCUT2D eigenvalue weighted by Gasteiger charge is 2.11. The summed E-state index contributed by atoms with van der Waals surface area (Å²) < 4.78 is 11.2. The molecule has 0 heterocycles. The van der Waals surface area contributed by atoms with Crippen molar-refractivity contribution in [2.45, 2.75) is 39.3 Å². The standard InChI is InChI=1S/C19H32N4O3.HI/c1-7-14(2)22-19(21-13-18(24)23(4)5)20-12-15(3)26-17-11-9-8-10-16(17)25-6;/h8-11,14-15H,7,12-13H2,1-6H3,(H2,20,21,22);1H. The molecular formula is C19H33IN4O3. The Morgan fingerprint density at radius 2 is 1.85 bits per heavy atom. The van der Waals surface area contributed by atoms with Crippen molar-refractivity contribution in [2.24, 2.45) is 4.99 Å². The molecule has 2 N–H and O–H groups in total. The van der Waals surface area contributed by atoms with Gasteiger partial charge in [0.15, 0.2) is 17.5 Å². The van der Waals surface area contributed by atoms with Crippen LogP contribution in [0.2, 0.25) is 0 Å². The van der Waals surface area contributed by atoms with Gasteiger partial charge < -0.3 is 25.0 Å². The summed E-state index contributed by atoms with van der Waals surface area (Å²) in [6, 6.07) is 7.79. The summed E-state index contributed by atoms with van der Waals surface area (Å²) in [5.74, 6) is 1.95. The molecule has 0 saturated heterocycles. The molecular weight excluding hydrogens is 459 g/mol. The van der Waals surface area contributed by atoms with Crippen molar-refractivity contribution in [3.8, 4) is 11.5 Å². The topological polar surface area (TPSA) is 75.2 Å². The first-order valence-electron chi connectivity index (χ1n) is 8.92. The number of hydrogen-bond donors (Lipinski definition) is 2. The molecule has 1 aromatic rings. The van der Waals surface area contributed by atoms with Crippen molar-refractivity contribution in [2.75, 3.05) is 34.3 Å². The number of ether oxygens (including phenoxy) is 2. The normalized spacial score (nSPS) is 13.0. The van der Waals surface area contributed by atoms with Crippen LogP contribution in [0.5, 0.6) is 11.5 Å². The lowest BCUT2D eigenvalue weighted by Gasteiger charge is -2.21. The third-order valence-electron chi connectivity index (χ3n) is 3.82. The third-order valence-corrected chi connectivity index (χ3v) is 3.82. The highest BCUT2D eigenvalue weighted by atomic mass is 127. The fourth-order valence-corrected chi connectivity index (χ4v) is 1.99. The average Bonchev–Trinajstić information content (AvgIpc) is 2.63. The number of para-hydroxylation sites is 2. The Bertz CT molecular complexity index is 596. The van der Waals surface area contributed by atoms with Crippen LogP contribution >= 0.6 is 24.0 Å². The zero-order valence-corrected chi connectivity index (χ0v) is 19.4. The molecule has 0 saturated carbocycles. The molecule has 0 aliphatic carbocycles. The number of benzene rings is 1. The third kappa shape index (κ3) is 9.69. The van der Waals surface area contributed by atoms with Crippen LogP contribution in [-0.2, 0) is 4.79 Å². The Kier molecular flexibility index (Phi) is 12.6. The summed E-state index contributed by atoms with van der Waals surface area (Å²) in [4.78, 5) is 17.7. The maximum Gasteiger partial charge on any atom is 0.243 e. The van der Waals surface area contributed by atoms with E-state index < -0.39 is 0 Å². The van der Waals surface area contributed by atoms with Crippen LogP contribution in [0.1, 0.15) is 27.2 Å². The molecule has 1 aromatic carbocycles. The van der Waals surface area contributed by atoms with Gasteiger partial charge in [0, 0.05) is 20.1 Å². The first kappa shape index (κ1) is 25.3. The quantitative estimate of drug-likeness (QED) is 0.315. The highest BCUT2D eigenvalue weighted by Crippen LogP contribution is 2.26. The fourth-order valence-electron chi connectivity index (χ4n) is 1.99. The van der Waals surface area contributed by atoms with E-state index in [4.69, 9.17) is 9.47 Å². The lowest BCUT2D eigenvalue weighted by Crippen LogP contribution is -2.45. The molecule has 0 aromatic heterocycles. The molecule has 0 fully saturated rings. The Labute approximate surface area is 179 Å². The second-order valence-corrected chi connectivity index (χ2v) is 6.37. The van der Waals surface area contributed by atoms with Crippen molar-refractivity contribution in [1.82, 2.24) is 15.5 Å². The smallest absolute Gasteiger partial charge is 0.243 e. The minimum absolute atomic E-state index is 0. The summed E-state index contributed by atoms with van der Waals surface area (Å²) in [6.45, 7) is 6.76. The van der Waals surface area contributed by atoms with Crippen molar-refractivity contribution >= 4 is 35.8 Å². The molecule has 27 heavy (non-hydrogen) atoms. The lowest BCUT2D eigenvalue weighted by molar-refractivity contribution is -0.127. The lowest BCUT2D eigenvalue weighted by atomic mass is 10.3. The molecule has 0 aliphatic heterocycles. The maximum atomic E-state index is 11.8. The molecule has 2 atom stereocenters. The Hall–Kier alpha value is -1.71. The number of hydrogen-bond acceptors (Lipinski definition) is 4. The number of halogens is 1. The summed E-state index contributed by atoms with van der Waals surface area (Å²) in [6.07, 6.45) is 0.843. The molecule has 1 rings (SSSR count). The SMILES string of the molecule is CCC(C)NC(=NCC(=O)N(C)C)NCC(C)Oc1ccccc1OC.I. The van der Waals surface area contributed by atoms with Crippen LogP contribution in [0.4, 0.5) is 0 Å². The molecule has 8 heteroatoms. The average molecular weight is 492 g/mol. The van der Waals surface area contributed by atoms with Gasteiger partial charge in [-0.15, -0.1) is 24.0 Å². The number of likely N-dealkylation sites (N-methyl/N-ethyl adjacent to an activating group) is 1. The van der Waals surface area contributed by atoms with E-state index in [0.29, 0.717) is 24.0 Å². The first-order valence-corrected chi connectivity index (χ1v) is 8.92. The number of nitrogens with one attached hydrogen (secondary N) is 2. The molecule has 0 bridgehead atoms. The monoisotopic (exact) mass is 492 g/mol. The summed E-state index contributed by atoms with van der Waals surface area (Å²) in [7, 11) is 5.06. The van der Waals surface area contributed by atoms with Crippen molar-refractivity contribution in [1.29, 1.82) is 0 Å². The largest absolute Gasteiger partial charge is 0.493 e. The summed E-state index contributed by atoms with van der Waals surface area (Å²) in [5, 5.41) is 6.53. The van der Waals surface area contributed by atoms with Crippen LogP contribution in [0.25, 0.3) is 0 Å². The predicted molar refractivity (Wildman–Crippen MR) is 120 cm³/mol. The number of guanidine groups is 1. The van der Waals surface area contributed by atoms with Crippen LogP contribution in [-0.4, -0.2) is 63.2 Å². The van der Waals surface area contributed by atoms with Gasteiger partial charge in [0.2, 0.25) is 5.91 Å². The van der Waals surface area contributed by atoms with Gasteiger partial charge in [-0.1, -0.05) is 19.1 Å². The molecule has 154 valence electrons. The minimum Gasteiger partial charge on any atom is -0.493 e. The van der Waals surface area contributed by atoms with Gasteiger partial charge in [-0.2, -0.15) is 0 Å². The van der Waals surface area contributed by atoms with E-state index in [2.05, 4.69) is 29.5 Å². The van der Waals surface area contributed by atoms with Crippen molar-refractivity contribution in [3.63, 3.8) is 0 Å². The number of aliphatic imine (C=N–C) groups is 1. The van der Waals surface area contributed by atoms with Gasteiger partial charge in [0.1, 0.15) is 12.6 Å². The van der Waals surface area contributed by atoms with Gasteiger partial charge >= 0.3 is 0 Å². The van der Waals surface area contributed by atoms with E-state index in [0.717, 1.165) is 6.42 Å². The number of amides is 1. The molecule has 7 nitrogen and oxygen atoms in total. The fraction of sp³-hybridized carbons (Fsp3) is 0.579. The van der Waals surface area contributed by atoms with E-state index in [9.17, 15) is 4.79 Å². The van der Waals surface area contributed by atoms with Crippen LogP contribution in [0.15, 0.2) is 29.3 Å². The molecule has 1 amide bonds. The van der Waals surface area contributed by atoms with E-state index in [1.165, 1.54) is 4.90 Å². The number of carbonyl (C=O) groups is 1. The van der Waals surface area contributed by atoms with E-state index in [1.54, 1.807) is 21.2 Å². The second-order valence-electron chi connectivity index (χ2n) is 6.37. The second kappa shape index (κ2) is 13.5. The number of rotatable bonds is 9.